The molecule has 124 valence electrons. The fraction of sp³-hybridized carbons (Fsp3) is 0.222. The van der Waals surface area contributed by atoms with Gasteiger partial charge in [-0.05, 0) is 35.9 Å². The van der Waals surface area contributed by atoms with E-state index in [9.17, 15) is 4.79 Å². The summed E-state index contributed by atoms with van der Waals surface area (Å²) in [7, 11) is 4.52. The summed E-state index contributed by atoms with van der Waals surface area (Å²) in [6, 6.07) is 11.8. The van der Waals surface area contributed by atoms with Crippen LogP contribution in [0.15, 0.2) is 36.4 Å². The van der Waals surface area contributed by atoms with E-state index in [1.807, 2.05) is 6.07 Å². The van der Waals surface area contributed by atoms with Crippen molar-refractivity contribution >= 4 is 5.97 Å². The van der Waals surface area contributed by atoms with Crippen LogP contribution in [0, 0.1) is 11.3 Å². The summed E-state index contributed by atoms with van der Waals surface area (Å²) in [5, 5.41) is 8.87. The lowest BCUT2D eigenvalue weighted by Crippen LogP contribution is -2.11. The fourth-order valence-corrected chi connectivity index (χ4v) is 2.20. The molecule has 2 rings (SSSR count). The Labute approximate surface area is 140 Å². The highest BCUT2D eigenvalue weighted by molar-refractivity contribution is 5.76. The molecule has 0 heterocycles. The standard InChI is InChI=1S/C18H17NO5/c1-21-15-8-13(9-16(22-2)18(15)23-3)10-17(20)24-14-6-4-5-12(7-14)11-19/h4-9H,10H2,1-3H3. The minimum absolute atomic E-state index is 0.0213. The maximum atomic E-state index is 12.1. The number of carbonyl (C=O) groups is 1. The molecule has 0 saturated heterocycles. The number of methoxy groups -OCH3 is 3. The zero-order valence-electron chi connectivity index (χ0n) is 13.7. The van der Waals surface area contributed by atoms with Crippen molar-refractivity contribution in [3.05, 3.63) is 47.5 Å². The molecule has 6 nitrogen and oxygen atoms in total. The van der Waals surface area contributed by atoms with Crippen LogP contribution in [0.4, 0.5) is 0 Å². The van der Waals surface area contributed by atoms with Gasteiger partial charge in [-0.25, -0.2) is 0 Å². The van der Waals surface area contributed by atoms with Gasteiger partial charge in [-0.2, -0.15) is 5.26 Å². The van der Waals surface area contributed by atoms with E-state index < -0.39 is 5.97 Å². The number of nitrogens with zero attached hydrogens (tertiary/aromatic N) is 1. The summed E-state index contributed by atoms with van der Waals surface area (Å²) in [4.78, 5) is 12.1. The third-order valence-corrected chi connectivity index (χ3v) is 3.27. The molecule has 0 aliphatic rings. The van der Waals surface area contributed by atoms with Crippen LogP contribution >= 0.6 is 0 Å². The van der Waals surface area contributed by atoms with Crippen molar-refractivity contribution in [3.63, 3.8) is 0 Å². The van der Waals surface area contributed by atoms with Gasteiger partial charge in [-0.1, -0.05) is 6.07 Å². The lowest BCUT2D eigenvalue weighted by atomic mass is 10.1. The Morgan fingerprint density at radius 2 is 1.71 bits per heavy atom. The lowest BCUT2D eigenvalue weighted by molar-refractivity contribution is -0.133. The maximum absolute atomic E-state index is 12.1. The average molecular weight is 327 g/mol. The molecule has 0 fully saturated rings. The number of rotatable bonds is 6. The normalized spacial score (nSPS) is 9.75. The van der Waals surface area contributed by atoms with Crippen LogP contribution in [-0.2, 0) is 11.2 Å². The van der Waals surface area contributed by atoms with Crippen molar-refractivity contribution in [2.75, 3.05) is 21.3 Å². The SMILES string of the molecule is COc1cc(CC(=O)Oc2cccc(C#N)c2)cc(OC)c1OC. The molecule has 2 aromatic carbocycles. The summed E-state index contributed by atoms with van der Waals surface area (Å²) in [5.41, 5.74) is 1.08. The second-order valence-corrected chi connectivity index (χ2v) is 4.82. The quantitative estimate of drug-likeness (QED) is 0.600. The van der Waals surface area contributed by atoms with Crippen LogP contribution in [0.1, 0.15) is 11.1 Å². The topological polar surface area (TPSA) is 77.8 Å². The first kappa shape index (κ1) is 17.2. The van der Waals surface area contributed by atoms with Crippen molar-refractivity contribution < 1.29 is 23.7 Å². The Hall–Kier alpha value is -3.20. The Balaban J connectivity index is 2.18. The lowest BCUT2D eigenvalue weighted by Gasteiger charge is -2.14. The average Bonchev–Trinajstić information content (AvgIpc) is 2.60. The van der Waals surface area contributed by atoms with Crippen molar-refractivity contribution in [2.45, 2.75) is 6.42 Å². The summed E-state index contributed by atoms with van der Waals surface area (Å²) >= 11 is 0. The number of hydrogen-bond donors (Lipinski definition) is 0. The second-order valence-electron chi connectivity index (χ2n) is 4.82. The van der Waals surface area contributed by atoms with Gasteiger partial charge in [-0.15, -0.1) is 0 Å². The molecule has 0 aromatic heterocycles. The number of carbonyl (C=O) groups excluding carboxylic acids is 1. The van der Waals surface area contributed by atoms with Gasteiger partial charge in [0.05, 0.1) is 39.4 Å². The molecule has 0 atom stereocenters. The zero-order chi connectivity index (χ0) is 17.5. The molecule has 0 spiro atoms. The third kappa shape index (κ3) is 3.96. The summed E-state index contributed by atoms with van der Waals surface area (Å²) in [5.74, 6) is 1.25. The van der Waals surface area contributed by atoms with Gasteiger partial charge in [0, 0.05) is 0 Å². The van der Waals surface area contributed by atoms with Gasteiger partial charge in [-0.3, -0.25) is 4.79 Å². The third-order valence-electron chi connectivity index (χ3n) is 3.27. The van der Waals surface area contributed by atoms with Gasteiger partial charge < -0.3 is 18.9 Å². The zero-order valence-corrected chi connectivity index (χ0v) is 13.7. The van der Waals surface area contributed by atoms with E-state index in [1.165, 1.54) is 27.4 Å². The van der Waals surface area contributed by atoms with Crippen molar-refractivity contribution in [1.29, 1.82) is 5.26 Å². The smallest absolute Gasteiger partial charge is 0.315 e. The molecule has 0 aliphatic heterocycles. The second kappa shape index (κ2) is 7.88. The fourth-order valence-electron chi connectivity index (χ4n) is 2.20. The highest BCUT2D eigenvalue weighted by Gasteiger charge is 2.15. The first-order valence-electron chi connectivity index (χ1n) is 7.11. The molecule has 6 heteroatoms. The molecule has 0 saturated carbocycles. The molecule has 0 unspecified atom stereocenters. The van der Waals surface area contributed by atoms with E-state index >= 15 is 0 Å². The molecule has 0 bridgehead atoms. The van der Waals surface area contributed by atoms with E-state index in [0.717, 1.165) is 0 Å². The molecule has 0 aliphatic carbocycles. The number of hydrogen-bond acceptors (Lipinski definition) is 6. The molecule has 0 amide bonds. The molecule has 2 aromatic rings. The van der Waals surface area contributed by atoms with Crippen LogP contribution in [0.2, 0.25) is 0 Å². The Kier molecular flexibility index (Phi) is 5.63. The summed E-state index contributed by atoms with van der Waals surface area (Å²) in [6.45, 7) is 0. The van der Waals surface area contributed by atoms with Crippen molar-refractivity contribution in [2.24, 2.45) is 0 Å². The highest BCUT2D eigenvalue weighted by atomic mass is 16.5. The van der Waals surface area contributed by atoms with E-state index in [2.05, 4.69) is 0 Å². The van der Waals surface area contributed by atoms with Gasteiger partial charge in [0.25, 0.3) is 0 Å². The highest BCUT2D eigenvalue weighted by Crippen LogP contribution is 2.38. The monoisotopic (exact) mass is 327 g/mol. The molecule has 0 radical (unpaired) electrons. The number of esters is 1. The molecular weight excluding hydrogens is 310 g/mol. The van der Waals surface area contributed by atoms with E-state index in [-0.39, 0.29) is 6.42 Å². The minimum atomic E-state index is -0.459. The van der Waals surface area contributed by atoms with Gasteiger partial charge in [0.2, 0.25) is 5.75 Å². The van der Waals surface area contributed by atoms with Crippen LogP contribution in [-0.4, -0.2) is 27.3 Å². The van der Waals surface area contributed by atoms with Crippen LogP contribution in [0.5, 0.6) is 23.0 Å². The first-order valence-corrected chi connectivity index (χ1v) is 7.11. The summed E-state index contributed by atoms with van der Waals surface area (Å²) < 4.78 is 21.0. The number of ether oxygens (including phenoxy) is 4. The largest absolute Gasteiger partial charge is 0.493 e. The molecule has 0 N–H and O–H groups in total. The van der Waals surface area contributed by atoms with Gasteiger partial charge in [0.1, 0.15) is 5.75 Å². The molecule has 24 heavy (non-hydrogen) atoms. The number of nitriles is 1. The first-order chi connectivity index (χ1) is 11.6. The van der Waals surface area contributed by atoms with Crippen LogP contribution in [0.25, 0.3) is 0 Å². The predicted molar refractivity (Wildman–Crippen MR) is 86.6 cm³/mol. The van der Waals surface area contributed by atoms with E-state index in [0.29, 0.717) is 34.1 Å². The molecular formula is C18H17NO5. The Morgan fingerprint density at radius 3 is 2.25 bits per heavy atom. The Bertz CT molecular complexity index is 754. The van der Waals surface area contributed by atoms with Crippen LogP contribution < -0.4 is 18.9 Å². The van der Waals surface area contributed by atoms with Gasteiger partial charge in [0.15, 0.2) is 11.5 Å². The van der Waals surface area contributed by atoms with Gasteiger partial charge >= 0.3 is 5.97 Å². The number of benzene rings is 2. The van der Waals surface area contributed by atoms with Crippen molar-refractivity contribution in [3.8, 4) is 29.1 Å². The Morgan fingerprint density at radius 1 is 1.04 bits per heavy atom. The van der Waals surface area contributed by atoms with Crippen LogP contribution in [0.3, 0.4) is 0 Å². The van der Waals surface area contributed by atoms with E-state index in [1.54, 1.807) is 30.3 Å². The maximum Gasteiger partial charge on any atom is 0.315 e. The van der Waals surface area contributed by atoms with Crippen molar-refractivity contribution in [1.82, 2.24) is 0 Å². The summed E-state index contributed by atoms with van der Waals surface area (Å²) in [6.07, 6.45) is 0.0213. The predicted octanol–water partition coefficient (Wildman–Crippen LogP) is 2.73. The van der Waals surface area contributed by atoms with E-state index in [4.69, 9.17) is 24.2 Å². The minimum Gasteiger partial charge on any atom is -0.493 e.